The molecule has 0 radical (unpaired) electrons. The van der Waals surface area contributed by atoms with Crippen LogP contribution < -0.4 is 10.1 Å². The molecule has 0 aliphatic heterocycles. The fraction of sp³-hybridized carbons (Fsp3) is 0.588. The van der Waals surface area contributed by atoms with Crippen LogP contribution in [0.4, 0.5) is 0 Å². The van der Waals surface area contributed by atoms with Gasteiger partial charge in [-0.1, -0.05) is 31.0 Å². The molecular weight excluding hydrogens is 262 g/mol. The minimum atomic E-state index is 0.660. The van der Waals surface area contributed by atoms with Gasteiger partial charge in [0.2, 0.25) is 0 Å². The highest BCUT2D eigenvalue weighted by Gasteiger charge is 2.20. The number of hydrogen-bond donors (Lipinski definition) is 1. The normalized spacial score (nSPS) is 14.9. The van der Waals surface area contributed by atoms with Gasteiger partial charge >= 0.3 is 0 Å². The smallest absolute Gasteiger partial charge is 0.193 e. The van der Waals surface area contributed by atoms with Crippen LogP contribution >= 0.6 is 0 Å². The van der Waals surface area contributed by atoms with Crippen molar-refractivity contribution < 1.29 is 4.74 Å². The first-order valence-electron chi connectivity index (χ1n) is 7.97. The molecule has 4 heteroatoms. The number of hydrogen-bond acceptors (Lipinski definition) is 2. The lowest BCUT2D eigenvalue weighted by Gasteiger charge is -2.22. The van der Waals surface area contributed by atoms with E-state index in [2.05, 4.69) is 24.2 Å². The van der Waals surface area contributed by atoms with E-state index in [1.54, 1.807) is 0 Å². The summed E-state index contributed by atoms with van der Waals surface area (Å²) in [7, 11) is 2.06. The third kappa shape index (κ3) is 6.06. The van der Waals surface area contributed by atoms with E-state index in [1.807, 2.05) is 30.3 Å². The summed E-state index contributed by atoms with van der Waals surface area (Å²) in [6.45, 7) is 5.41. The maximum atomic E-state index is 5.73. The lowest BCUT2D eigenvalue weighted by Crippen LogP contribution is -2.41. The highest BCUT2D eigenvalue weighted by molar-refractivity contribution is 5.79. The van der Waals surface area contributed by atoms with Gasteiger partial charge in [0.25, 0.3) is 0 Å². The van der Waals surface area contributed by atoms with Crippen LogP contribution in [0.25, 0.3) is 0 Å². The zero-order valence-corrected chi connectivity index (χ0v) is 13.2. The zero-order chi connectivity index (χ0) is 14.9. The van der Waals surface area contributed by atoms with Crippen LogP contribution in [-0.4, -0.2) is 44.1 Å². The molecule has 1 aliphatic carbocycles. The van der Waals surface area contributed by atoms with Crippen LogP contribution in [-0.2, 0) is 0 Å². The molecule has 2 rings (SSSR count). The van der Waals surface area contributed by atoms with Crippen molar-refractivity contribution in [3.8, 4) is 5.75 Å². The molecule has 0 heterocycles. The summed E-state index contributed by atoms with van der Waals surface area (Å²) in [6, 6.07) is 9.93. The Bertz CT molecular complexity index is 429. The number of benzene rings is 1. The largest absolute Gasteiger partial charge is 0.492 e. The summed E-state index contributed by atoms with van der Waals surface area (Å²) in [6.07, 6.45) is 4.02. The van der Waals surface area contributed by atoms with E-state index in [-0.39, 0.29) is 0 Å². The average molecular weight is 289 g/mol. The Morgan fingerprint density at radius 3 is 2.76 bits per heavy atom. The Labute approximate surface area is 128 Å². The van der Waals surface area contributed by atoms with Crippen molar-refractivity contribution in [2.24, 2.45) is 10.9 Å². The lowest BCUT2D eigenvalue weighted by molar-refractivity contribution is 0.281. The second-order valence-electron chi connectivity index (χ2n) is 5.55. The maximum absolute atomic E-state index is 5.73. The lowest BCUT2D eigenvalue weighted by atomic mass is 10.3. The number of para-hydroxylation sites is 1. The molecule has 1 aromatic carbocycles. The van der Waals surface area contributed by atoms with Gasteiger partial charge in [-0.2, -0.15) is 0 Å². The van der Waals surface area contributed by atoms with Gasteiger partial charge in [0.1, 0.15) is 12.4 Å². The first-order valence-corrected chi connectivity index (χ1v) is 7.97. The van der Waals surface area contributed by atoms with Gasteiger partial charge in [-0.05, 0) is 31.4 Å². The predicted molar refractivity (Wildman–Crippen MR) is 87.9 cm³/mol. The van der Waals surface area contributed by atoms with Crippen molar-refractivity contribution in [2.75, 3.05) is 33.3 Å². The minimum Gasteiger partial charge on any atom is -0.492 e. The first kappa shape index (κ1) is 15.7. The quantitative estimate of drug-likeness (QED) is 0.590. The molecule has 0 spiro atoms. The third-order valence-corrected chi connectivity index (χ3v) is 3.63. The van der Waals surface area contributed by atoms with Crippen molar-refractivity contribution >= 4 is 5.96 Å². The molecule has 1 aromatic rings. The Hall–Kier alpha value is -1.71. The van der Waals surface area contributed by atoms with Crippen molar-refractivity contribution in [2.45, 2.75) is 26.2 Å². The third-order valence-electron chi connectivity index (χ3n) is 3.63. The summed E-state index contributed by atoms with van der Waals surface area (Å²) in [4.78, 5) is 6.83. The monoisotopic (exact) mass is 289 g/mol. The highest BCUT2D eigenvalue weighted by Crippen LogP contribution is 2.32. The summed E-state index contributed by atoms with van der Waals surface area (Å²) >= 11 is 0. The molecule has 1 aliphatic rings. The summed E-state index contributed by atoms with van der Waals surface area (Å²) in [5.74, 6) is 2.83. The van der Waals surface area contributed by atoms with Crippen molar-refractivity contribution in [3.05, 3.63) is 30.3 Å². The van der Waals surface area contributed by atoms with Crippen molar-refractivity contribution in [1.29, 1.82) is 0 Å². The molecule has 4 nitrogen and oxygen atoms in total. The molecule has 0 atom stereocenters. The van der Waals surface area contributed by atoms with Crippen molar-refractivity contribution in [3.63, 3.8) is 0 Å². The van der Waals surface area contributed by atoms with Crippen molar-refractivity contribution in [1.82, 2.24) is 10.2 Å². The van der Waals surface area contributed by atoms with Crippen LogP contribution in [0.15, 0.2) is 35.3 Å². The average Bonchev–Trinajstić information content (AvgIpc) is 3.31. The summed E-state index contributed by atoms with van der Waals surface area (Å²) in [5.41, 5.74) is 0. The number of guanidine groups is 1. The maximum Gasteiger partial charge on any atom is 0.193 e. The molecule has 116 valence electrons. The van der Waals surface area contributed by atoms with Crippen LogP contribution in [0.3, 0.4) is 0 Å². The number of aliphatic imine (C=N–C) groups is 1. The van der Waals surface area contributed by atoms with Crippen LogP contribution in [0, 0.1) is 5.92 Å². The van der Waals surface area contributed by atoms with E-state index in [0.29, 0.717) is 6.61 Å². The van der Waals surface area contributed by atoms with Crippen LogP contribution in [0.2, 0.25) is 0 Å². The highest BCUT2D eigenvalue weighted by atomic mass is 16.5. The van der Waals surface area contributed by atoms with Crippen LogP contribution in [0.1, 0.15) is 26.2 Å². The Morgan fingerprint density at radius 2 is 2.10 bits per heavy atom. The molecule has 0 aromatic heterocycles. The van der Waals surface area contributed by atoms with Gasteiger partial charge in [-0.15, -0.1) is 0 Å². The van der Waals surface area contributed by atoms with Gasteiger partial charge in [-0.25, -0.2) is 0 Å². The standard InChI is InChI=1S/C17H27N3O/c1-3-18-17(19-12-11-15-9-10-15)20(2)13-14-21-16-7-5-4-6-8-16/h4-8,15H,3,9-14H2,1-2H3,(H,18,19). The molecule has 0 amide bonds. The Kier molecular flexibility index (Phi) is 6.38. The topological polar surface area (TPSA) is 36.9 Å². The van der Waals surface area contributed by atoms with Crippen LogP contribution in [0.5, 0.6) is 5.75 Å². The van der Waals surface area contributed by atoms with E-state index < -0.39 is 0 Å². The Balaban J connectivity index is 1.73. The fourth-order valence-electron chi connectivity index (χ4n) is 2.15. The van der Waals surface area contributed by atoms with E-state index in [1.165, 1.54) is 19.3 Å². The molecule has 0 unspecified atom stereocenters. The summed E-state index contributed by atoms with van der Waals surface area (Å²) in [5, 5.41) is 3.35. The fourth-order valence-corrected chi connectivity index (χ4v) is 2.15. The van der Waals surface area contributed by atoms with E-state index in [0.717, 1.165) is 37.3 Å². The second-order valence-corrected chi connectivity index (χ2v) is 5.55. The Morgan fingerprint density at radius 1 is 1.33 bits per heavy atom. The molecule has 21 heavy (non-hydrogen) atoms. The molecule has 0 saturated heterocycles. The molecular formula is C17H27N3O. The van der Waals surface area contributed by atoms with Gasteiger partial charge in [0.05, 0.1) is 6.54 Å². The minimum absolute atomic E-state index is 0.660. The molecule has 1 N–H and O–H groups in total. The molecule has 1 saturated carbocycles. The molecule has 1 fully saturated rings. The van der Waals surface area contributed by atoms with Gasteiger partial charge < -0.3 is 15.0 Å². The van der Waals surface area contributed by atoms with Gasteiger partial charge in [0, 0.05) is 20.1 Å². The number of likely N-dealkylation sites (N-methyl/N-ethyl adjacent to an activating group) is 1. The number of nitrogens with zero attached hydrogens (tertiary/aromatic N) is 2. The number of rotatable bonds is 8. The SMILES string of the molecule is CCNC(=NCCC1CC1)N(C)CCOc1ccccc1. The van der Waals surface area contributed by atoms with E-state index >= 15 is 0 Å². The van der Waals surface area contributed by atoms with Gasteiger partial charge in [0.15, 0.2) is 5.96 Å². The number of ether oxygens (including phenoxy) is 1. The van der Waals surface area contributed by atoms with Gasteiger partial charge in [-0.3, -0.25) is 4.99 Å². The summed E-state index contributed by atoms with van der Waals surface area (Å²) < 4.78 is 5.73. The first-order chi connectivity index (χ1) is 10.3. The second kappa shape index (κ2) is 8.55. The molecule has 0 bridgehead atoms. The predicted octanol–water partition coefficient (Wildman–Crippen LogP) is 2.76. The number of nitrogens with one attached hydrogen (secondary N) is 1. The van der Waals surface area contributed by atoms with E-state index in [9.17, 15) is 0 Å². The zero-order valence-electron chi connectivity index (χ0n) is 13.2. The van der Waals surface area contributed by atoms with E-state index in [4.69, 9.17) is 9.73 Å².